The number of hydrogen-bond acceptors (Lipinski definition) is 4. The predicted octanol–water partition coefficient (Wildman–Crippen LogP) is 2.82. The molecule has 7 nitrogen and oxygen atoms in total. The van der Waals surface area contributed by atoms with Crippen molar-refractivity contribution in [1.29, 1.82) is 0 Å². The molecule has 0 aliphatic carbocycles. The number of hydrogen-bond donors (Lipinski definition) is 0. The van der Waals surface area contributed by atoms with Gasteiger partial charge in [-0.2, -0.15) is 7.82 Å². The van der Waals surface area contributed by atoms with Crippen molar-refractivity contribution in [2.24, 2.45) is 0 Å². The van der Waals surface area contributed by atoms with Crippen LogP contribution in [0.15, 0.2) is 0 Å². The Labute approximate surface area is 202 Å². The first-order valence-corrected chi connectivity index (χ1v) is 14.5. The van der Waals surface area contributed by atoms with Crippen molar-refractivity contribution >= 4 is 7.82 Å². The maximum absolute atomic E-state index is 8.55. The first kappa shape index (κ1) is 39.2. The van der Waals surface area contributed by atoms with E-state index in [2.05, 4.69) is 83.1 Å². The van der Waals surface area contributed by atoms with Gasteiger partial charge < -0.3 is 32.7 Å². The zero-order chi connectivity index (χ0) is 26.5. The molecule has 0 amide bonds. The number of phosphoric acid groups is 1. The average molecular weight is 486 g/mol. The van der Waals surface area contributed by atoms with Crippen molar-refractivity contribution in [3.05, 3.63) is 0 Å². The van der Waals surface area contributed by atoms with Gasteiger partial charge in [-0.05, 0) is 83.1 Å². The molecule has 0 rings (SSSR count). The Balaban J connectivity index is -0.000000167. The highest BCUT2D eigenvalue weighted by Gasteiger charge is 2.17. The van der Waals surface area contributed by atoms with Crippen molar-refractivity contribution in [2.45, 2.75) is 83.1 Å². The number of nitrogens with zero attached hydrogens (tertiary/aromatic N) is 3. The molecule has 0 spiro atoms. The quantitative estimate of drug-likeness (QED) is 0.314. The molecule has 0 atom stereocenters. The van der Waals surface area contributed by atoms with Crippen LogP contribution in [0.3, 0.4) is 0 Å². The number of rotatable bonds is 12. The zero-order valence-corrected chi connectivity index (χ0v) is 24.8. The molecule has 0 aromatic heterocycles. The molecule has 0 aliphatic rings. The summed E-state index contributed by atoms with van der Waals surface area (Å²) in [6.07, 6.45) is 0. The molecule has 0 saturated carbocycles. The summed E-state index contributed by atoms with van der Waals surface area (Å²) in [5.74, 6) is 0. The fourth-order valence-electron chi connectivity index (χ4n) is 4.02. The first-order chi connectivity index (χ1) is 14.7. The summed E-state index contributed by atoms with van der Waals surface area (Å²) in [6.45, 7) is 42.7. The van der Waals surface area contributed by atoms with Gasteiger partial charge in [-0.25, -0.2) is 0 Å². The summed E-state index contributed by atoms with van der Waals surface area (Å²) in [5, 5.41) is 0. The largest absolute Gasteiger partial charge is 0.822 e. The summed E-state index contributed by atoms with van der Waals surface area (Å²) >= 11 is 0. The summed E-state index contributed by atoms with van der Waals surface area (Å²) in [4.78, 5) is 25.6. The van der Waals surface area contributed by atoms with Crippen molar-refractivity contribution in [3.8, 4) is 0 Å². The molecule has 0 radical (unpaired) electrons. The molecule has 0 fully saturated rings. The van der Waals surface area contributed by atoms with Crippen LogP contribution in [0.1, 0.15) is 83.1 Å². The van der Waals surface area contributed by atoms with Gasteiger partial charge in [0.2, 0.25) is 0 Å². The Morgan fingerprint density at radius 1 is 0.375 bits per heavy atom. The molecule has 32 heavy (non-hydrogen) atoms. The molecular weight excluding hydrogens is 425 g/mol. The van der Waals surface area contributed by atoms with Crippen LogP contribution in [0.25, 0.3) is 0 Å². The van der Waals surface area contributed by atoms with Gasteiger partial charge >= 0.3 is 0 Å². The first-order valence-electron chi connectivity index (χ1n) is 13.0. The molecule has 0 saturated heterocycles. The second kappa shape index (κ2) is 21.5. The highest BCUT2D eigenvalue weighted by atomic mass is 31.2. The monoisotopic (exact) mass is 485 g/mol. The Kier molecular flexibility index (Phi) is 26.4. The second-order valence-electron chi connectivity index (χ2n) is 8.27. The molecular formula is C24H60N3O4P. The van der Waals surface area contributed by atoms with Crippen molar-refractivity contribution in [2.75, 3.05) is 78.5 Å². The normalized spacial score (nSPS) is 12.0. The minimum atomic E-state index is -5.39. The SMILES string of the molecule is CC[N+](CC)(CC)CC.CC[N+](CC)(CC)CC.CC[N+](CC)(CC)CC.O=P([O-])([O-])[O-]. The molecule has 0 aromatic carbocycles. The lowest BCUT2D eigenvalue weighted by Gasteiger charge is -2.36. The van der Waals surface area contributed by atoms with Gasteiger partial charge in [0.15, 0.2) is 0 Å². The van der Waals surface area contributed by atoms with Crippen LogP contribution >= 0.6 is 7.82 Å². The second-order valence-corrected chi connectivity index (χ2v) is 9.16. The van der Waals surface area contributed by atoms with Crippen LogP contribution in [0, 0.1) is 0 Å². The lowest BCUT2D eigenvalue weighted by atomic mass is 10.3. The Hall–Kier alpha value is -0.0100. The van der Waals surface area contributed by atoms with Crippen LogP contribution in [0.2, 0.25) is 0 Å². The van der Waals surface area contributed by atoms with Crippen LogP contribution in [0.5, 0.6) is 0 Å². The van der Waals surface area contributed by atoms with E-state index in [0.29, 0.717) is 0 Å². The van der Waals surface area contributed by atoms with E-state index >= 15 is 0 Å². The summed E-state index contributed by atoms with van der Waals surface area (Å²) < 4.78 is 12.4. The topological polar surface area (TPSA) is 86.2 Å². The minimum Gasteiger partial charge on any atom is -0.822 e. The molecule has 0 unspecified atom stereocenters. The van der Waals surface area contributed by atoms with E-state index in [1.807, 2.05) is 0 Å². The fourth-order valence-corrected chi connectivity index (χ4v) is 4.02. The molecule has 0 aromatic rings. The van der Waals surface area contributed by atoms with E-state index in [-0.39, 0.29) is 0 Å². The zero-order valence-electron chi connectivity index (χ0n) is 23.9. The molecule has 0 N–H and O–H groups in total. The third-order valence-corrected chi connectivity index (χ3v) is 8.05. The van der Waals surface area contributed by atoms with Crippen molar-refractivity contribution in [1.82, 2.24) is 0 Å². The van der Waals surface area contributed by atoms with Gasteiger partial charge in [0, 0.05) is 0 Å². The maximum Gasteiger partial charge on any atom is 0.0757 e. The lowest BCUT2D eigenvalue weighted by molar-refractivity contribution is -0.921. The van der Waals surface area contributed by atoms with Gasteiger partial charge in [-0.15, -0.1) is 0 Å². The van der Waals surface area contributed by atoms with Gasteiger partial charge in [0.1, 0.15) is 0 Å². The smallest absolute Gasteiger partial charge is 0.0757 e. The Morgan fingerprint density at radius 3 is 0.438 bits per heavy atom. The van der Waals surface area contributed by atoms with Crippen molar-refractivity contribution < 1.29 is 32.7 Å². The van der Waals surface area contributed by atoms with E-state index in [1.165, 1.54) is 92.0 Å². The van der Waals surface area contributed by atoms with E-state index in [1.54, 1.807) is 0 Å². The maximum atomic E-state index is 8.55. The Bertz CT molecular complexity index is 325. The van der Waals surface area contributed by atoms with E-state index in [9.17, 15) is 0 Å². The predicted molar refractivity (Wildman–Crippen MR) is 135 cm³/mol. The summed E-state index contributed by atoms with van der Waals surface area (Å²) in [7, 11) is -5.39. The average Bonchev–Trinajstić information content (AvgIpc) is 2.80. The van der Waals surface area contributed by atoms with E-state index in [0.717, 1.165) is 0 Å². The summed E-state index contributed by atoms with van der Waals surface area (Å²) in [5.41, 5.74) is 0. The highest BCUT2D eigenvalue weighted by molar-refractivity contribution is 7.40. The molecule has 0 aliphatic heterocycles. The standard InChI is InChI=1S/3C8H20N.H3O4P/c3*1-5-9(6-2,7-3)8-4;1-5(2,3)4/h3*5-8H2,1-4H3;(H3,1,2,3,4)/q3*+1;/p-3. The molecule has 0 bridgehead atoms. The molecule has 0 heterocycles. The van der Waals surface area contributed by atoms with Crippen LogP contribution < -0.4 is 14.7 Å². The molecule has 8 heteroatoms. The Morgan fingerprint density at radius 2 is 0.438 bits per heavy atom. The third kappa shape index (κ3) is 19.5. The van der Waals surface area contributed by atoms with E-state index in [4.69, 9.17) is 19.2 Å². The number of quaternary nitrogens is 3. The van der Waals surface area contributed by atoms with Crippen molar-refractivity contribution in [3.63, 3.8) is 0 Å². The minimum absolute atomic E-state index is 1.28. The van der Waals surface area contributed by atoms with Crippen LogP contribution in [-0.4, -0.2) is 92.0 Å². The fraction of sp³-hybridized carbons (Fsp3) is 1.00. The van der Waals surface area contributed by atoms with Gasteiger partial charge in [-0.1, -0.05) is 0 Å². The summed E-state index contributed by atoms with van der Waals surface area (Å²) in [6, 6.07) is 0. The van der Waals surface area contributed by atoms with Crippen LogP contribution in [-0.2, 0) is 4.57 Å². The molecule has 200 valence electrons. The van der Waals surface area contributed by atoms with E-state index < -0.39 is 7.82 Å². The van der Waals surface area contributed by atoms with Gasteiger partial charge in [0.05, 0.1) is 78.5 Å². The van der Waals surface area contributed by atoms with Crippen LogP contribution in [0.4, 0.5) is 0 Å². The lowest BCUT2D eigenvalue weighted by Crippen LogP contribution is -2.47. The highest BCUT2D eigenvalue weighted by Crippen LogP contribution is 2.05. The van der Waals surface area contributed by atoms with Gasteiger partial charge in [0.25, 0.3) is 0 Å². The third-order valence-electron chi connectivity index (χ3n) is 8.05. The van der Waals surface area contributed by atoms with Gasteiger partial charge in [-0.3, -0.25) is 0 Å².